The summed E-state index contributed by atoms with van der Waals surface area (Å²) in [6.45, 7) is 0. The van der Waals surface area contributed by atoms with E-state index in [4.69, 9.17) is 0 Å². The lowest BCUT2D eigenvalue weighted by molar-refractivity contribution is -0.361. The molecule has 0 N–H and O–H groups in total. The molecular formula is C6ClF9. The summed E-state index contributed by atoms with van der Waals surface area (Å²) in [7, 11) is 0. The van der Waals surface area contributed by atoms with Crippen LogP contribution < -0.4 is 0 Å². The Morgan fingerprint density at radius 2 is 1.00 bits per heavy atom. The summed E-state index contributed by atoms with van der Waals surface area (Å²) < 4.78 is 112. The minimum Gasteiger partial charge on any atom is -0.203 e. The van der Waals surface area contributed by atoms with Crippen LogP contribution in [0.3, 0.4) is 0 Å². The van der Waals surface area contributed by atoms with E-state index in [1.165, 1.54) is 0 Å². The number of allylic oxidation sites excluding steroid dienone is 2. The fourth-order valence-corrected chi connectivity index (χ4v) is 1.18. The van der Waals surface area contributed by atoms with Gasteiger partial charge in [-0.25, -0.2) is 4.39 Å². The van der Waals surface area contributed by atoms with Crippen LogP contribution in [0, 0.1) is 0 Å². The fraction of sp³-hybridized carbons (Fsp3) is 0.667. The summed E-state index contributed by atoms with van der Waals surface area (Å²) in [5, 5.41) is -2.92. The van der Waals surface area contributed by atoms with E-state index in [1.807, 2.05) is 0 Å². The van der Waals surface area contributed by atoms with Crippen molar-refractivity contribution in [2.24, 2.45) is 0 Å². The maximum atomic E-state index is 12.5. The molecule has 1 aliphatic carbocycles. The number of rotatable bonds is 0. The van der Waals surface area contributed by atoms with Gasteiger partial charge in [-0.15, -0.1) is 0 Å². The van der Waals surface area contributed by atoms with E-state index in [0.29, 0.717) is 0 Å². The topological polar surface area (TPSA) is 0 Å². The van der Waals surface area contributed by atoms with E-state index in [2.05, 4.69) is 11.6 Å². The van der Waals surface area contributed by atoms with Gasteiger partial charge in [0, 0.05) is 0 Å². The maximum Gasteiger partial charge on any atom is 0.385 e. The molecule has 0 aromatic heterocycles. The third-order valence-corrected chi connectivity index (χ3v) is 2.33. The number of alkyl halides is 8. The van der Waals surface area contributed by atoms with Gasteiger partial charge in [-0.3, -0.25) is 0 Å². The van der Waals surface area contributed by atoms with Crippen molar-refractivity contribution < 1.29 is 39.5 Å². The largest absolute Gasteiger partial charge is 0.385 e. The van der Waals surface area contributed by atoms with Crippen molar-refractivity contribution in [1.29, 1.82) is 0 Å². The van der Waals surface area contributed by atoms with Crippen molar-refractivity contribution >= 4 is 11.6 Å². The summed E-state index contributed by atoms with van der Waals surface area (Å²) in [5.41, 5.74) is 0. The van der Waals surface area contributed by atoms with E-state index in [1.54, 1.807) is 0 Å². The van der Waals surface area contributed by atoms with Gasteiger partial charge in [-0.1, -0.05) is 11.6 Å². The van der Waals surface area contributed by atoms with E-state index < -0.39 is 34.5 Å². The summed E-state index contributed by atoms with van der Waals surface area (Å²) in [5.74, 6) is -28.5. The van der Waals surface area contributed by atoms with Gasteiger partial charge in [0.2, 0.25) is 0 Å². The van der Waals surface area contributed by atoms with E-state index in [-0.39, 0.29) is 0 Å². The van der Waals surface area contributed by atoms with Crippen LogP contribution in [0.5, 0.6) is 0 Å². The van der Waals surface area contributed by atoms with Crippen LogP contribution in [0.25, 0.3) is 0 Å². The van der Waals surface area contributed by atoms with Crippen molar-refractivity contribution in [1.82, 2.24) is 0 Å². The van der Waals surface area contributed by atoms with Gasteiger partial charge >= 0.3 is 23.7 Å². The monoisotopic (exact) mass is 278 g/mol. The van der Waals surface area contributed by atoms with Crippen LogP contribution in [0.4, 0.5) is 39.5 Å². The second-order valence-corrected chi connectivity index (χ2v) is 3.30. The molecule has 0 radical (unpaired) electrons. The predicted molar refractivity (Wildman–Crippen MR) is 33.8 cm³/mol. The maximum absolute atomic E-state index is 12.5. The molecular weight excluding hydrogens is 279 g/mol. The van der Waals surface area contributed by atoms with Crippen LogP contribution in [0.2, 0.25) is 0 Å². The fourth-order valence-electron chi connectivity index (χ4n) is 0.946. The Balaban J connectivity index is 3.64. The van der Waals surface area contributed by atoms with Gasteiger partial charge in [0.05, 0.1) is 0 Å². The SMILES string of the molecule is FC1=C(Cl)C(F)(F)C(F)(F)C(F)(F)C1(F)F. The summed E-state index contributed by atoms with van der Waals surface area (Å²) in [4.78, 5) is 0. The molecule has 0 bridgehead atoms. The highest BCUT2D eigenvalue weighted by Crippen LogP contribution is 2.62. The van der Waals surface area contributed by atoms with Gasteiger partial charge in [-0.05, 0) is 0 Å². The summed E-state index contributed by atoms with van der Waals surface area (Å²) in [6.07, 6.45) is 0. The van der Waals surface area contributed by atoms with Crippen molar-refractivity contribution in [3.05, 3.63) is 10.9 Å². The molecule has 1 aliphatic rings. The average molecular weight is 279 g/mol. The Morgan fingerprint density at radius 1 is 0.688 bits per heavy atom. The molecule has 1 rings (SSSR count). The molecule has 0 heterocycles. The van der Waals surface area contributed by atoms with Crippen LogP contribution in [-0.2, 0) is 0 Å². The quantitative estimate of drug-likeness (QED) is 0.588. The third-order valence-electron chi connectivity index (χ3n) is 1.93. The molecule has 0 aromatic rings. The highest BCUT2D eigenvalue weighted by molar-refractivity contribution is 6.31. The molecule has 0 saturated carbocycles. The Kier molecular flexibility index (Phi) is 2.52. The van der Waals surface area contributed by atoms with Gasteiger partial charge < -0.3 is 0 Å². The zero-order valence-corrected chi connectivity index (χ0v) is 7.54. The summed E-state index contributed by atoms with van der Waals surface area (Å²) in [6, 6.07) is 0. The number of halogens is 10. The second-order valence-electron chi connectivity index (χ2n) is 2.93. The second kappa shape index (κ2) is 2.99. The van der Waals surface area contributed by atoms with Gasteiger partial charge in [0.15, 0.2) is 5.83 Å². The third kappa shape index (κ3) is 1.15. The first-order valence-corrected chi connectivity index (χ1v) is 3.77. The number of hydrogen-bond donors (Lipinski definition) is 0. The first-order valence-electron chi connectivity index (χ1n) is 3.39. The van der Waals surface area contributed by atoms with Gasteiger partial charge in [0.1, 0.15) is 5.03 Å². The Bertz CT molecular complexity index is 321. The van der Waals surface area contributed by atoms with Crippen molar-refractivity contribution in [2.45, 2.75) is 23.7 Å². The van der Waals surface area contributed by atoms with Crippen molar-refractivity contribution in [2.75, 3.05) is 0 Å². The van der Waals surface area contributed by atoms with E-state index >= 15 is 0 Å². The molecule has 94 valence electrons. The highest BCUT2D eigenvalue weighted by Gasteiger charge is 2.86. The minimum absolute atomic E-state index is 2.92. The lowest BCUT2D eigenvalue weighted by Gasteiger charge is -2.40. The zero-order valence-electron chi connectivity index (χ0n) is 6.78. The molecule has 0 spiro atoms. The molecule has 0 aromatic carbocycles. The first kappa shape index (κ1) is 13.5. The molecule has 0 saturated heterocycles. The number of hydrogen-bond acceptors (Lipinski definition) is 0. The zero-order chi connectivity index (χ0) is 13.2. The molecule has 16 heavy (non-hydrogen) atoms. The Labute approximate surface area is 86.7 Å². The van der Waals surface area contributed by atoms with Crippen LogP contribution in [0.15, 0.2) is 10.9 Å². The lowest BCUT2D eigenvalue weighted by atomic mass is 9.91. The van der Waals surface area contributed by atoms with Crippen LogP contribution in [0.1, 0.15) is 0 Å². The molecule has 0 amide bonds. The molecule has 10 heteroatoms. The van der Waals surface area contributed by atoms with Crippen molar-refractivity contribution in [3.8, 4) is 0 Å². The standard InChI is InChI=1S/C6ClF9/c7-1-2(8)4(11,12)6(15,16)5(13,14)3(1,9)10. The van der Waals surface area contributed by atoms with Crippen molar-refractivity contribution in [3.63, 3.8) is 0 Å². The normalized spacial score (nSPS) is 30.4. The molecule has 0 atom stereocenters. The summed E-state index contributed by atoms with van der Waals surface area (Å²) >= 11 is 4.22. The molecule has 0 fully saturated rings. The van der Waals surface area contributed by atoms with Gasteiger partial charge in [0.25, 0.3) is 0 Å². The smallest absolute Gasteiger partial charge is 0.203 e. The highest BCUT2D eigenvalue weighted by atomic mass is 35.5. The lowest BCUT2D eigenvalue weighted by Crippen LogP contribution is -2.66. The first-order chi connectivity index (χ1) is 6.82. The average Bonchev–Trinajstić information content (AvgIpc) is 2.12. The van der Waals surface area contributed by atoms with E-state index in [9.17, 15) is 39.5 Å². The van der Waals surface area contributed by atoms with Crippen LogP contribution >= 0.6 is 11.6 Å². The molecule has 0 nitrogen and oxygen atoms in total. The minimum atomic E-state index is -6.58. The van der Waals surface area contributed by atoms with E-state index in [0.717, 1.165) is 0 Å². The predicted octanol–water partition coefficient (Wildman–Crippen LogP) is 3.96. The Morgan fingerprint density at radius 3 is 1.38 bits per heavy atom. The molecule has 0 aliphatic heterocycles. The van der Waals surface area contributed by atoms with Crippen LogP contribution in [-0.4, -0.2) is 23.7 Å². The molecule has 0 unspecified atom stereocenters. The van der Waals surface area contributed by atoms with Gasteiger partial charge in [-0.2, -0.15) is 35.1 Å². The Hall–Kier alpha value is -0.600.